The molecule has 1 atom stereocenters. The molecule has 0 fully saturated rings. The first kappa shape index (κ1) is 27.3. The fourth-order valence-corrected chi connectivity index (χ4v) is 5.25. The SMILES string of the molecule is CCNC(=O)C(C)N(Cc1ccc(F)cc1)C(=O)CN(c1ccc(Br)cc1)S(=O)(=O)c1ccccc1. The molecular weight excluding hydrogens is 549 g/mol. The molecule has 3 aromatic rings. The van der Waals surface area contributed by atoms with E-state index in [2.05, 4.69) is 21.2 Å². The van der Waals surface area contributed by atoms with Gasteiger partial charge in [0.2, 0.25) is 11.8 Å². The Morgan fingerprint density at radius 3 is 2.17 bits per heavy atom. The number of carbonyl (C=O) groups excluding carboxylic acids is 2. The number of hydrogen-bond acceptors (Lipinski definition) is 4. The molecular formula is C26H27BrFN3O4S. The second kappa shape index (κ2) is 12.1. The van der Waals surface area contributed by atoms with Crippen molar-refractivity contribution in [3.05, 3.63) is 94.7 Å². The van der Waals surface area contributed by atoms with Crippen molar-refractivity contribution in [1.82, 2.24) is 10.2 Å². The topological polar surface area (TPSA) is 86.8 Å². The fraction of sp³-hybridized carbons (Fsp3) is 0.231. The van der Waals surface area contributed by atoms with Crippen molar-refractivity contribution in [3.8, 4) is 0 Å². The molecule has 0 spiro atoms. The molecule has 0 aromatic heterocycles. The summed E-state index contributed by atoms with van der Waals surface area (Å²) in [5.41, 5.74) is 0.893. The molecule has 0 saturated carbocycles. The summed E-state index contributed by atoms with van der Waals surface area (Å²) in [6.45, 7) is 3.16. The van der Waals surface area contributed by atoms with Crippen molar-refractivity contribution >= 4 is 43.5 Å². The lowest BCUT2D eigenvalue weighted by Crippen LogP contribution is -2.51. The van der Waals surface area contributed by atoms with Crippen molar-refractivity contribution < 1.29 is 22.4 Å². The first-order chi connectivity index (χ1) is 17.1. The second-order valence-electron chi connectivity index (χ2n) is 8.02. The maximum Gasteiger partial charge on any atom is 0.264 e. The summed E-state index contributed by atoms with van der Waals surface area (Å²) < 4.78 is 42.4. The van der Waals surface area contributed by atoms with Crippen LogP contribution in [0.5, 0.6) is 0 Å². The van der Waals surface area contributed by atoms with Crippen LogP contribution in [0.4, 0.5) is 10.1 Å². The highest BCUT2D eigenvalue weighted by molar-refractivity contribution is 9.10. The van der Waals surface area contributed by atoms with Crippen molar-refractivity contribution in [2.45, 2.75) is 31.3 Å². The van der Waals surface area contributed by atoms with Crippen LogP contribution in [0.2, 0.25) is 0 Å². The average Bonchev–Trinajstić information content (AvgIpc) is 2.87. The van der Waals surface area contributed by atoms with E-state index in [0.29, 0.717) is 17.8 Å². The standard InChI is InChI=1S/C26H27BrFN3O4S/c1-3-29-26(33)19(2)30(17-20-9-13-22(28)14-10-20)25(32)18-31(23-15-11-21(27)12-16-23)36(34,35)24-7-5-4-6-8-24/h4-16,19H,3,17-18H2,1-2H3,(H,29,33). The van der Waals surface area contributed by atoms with Crippen LogP contribution in [0.1, 0.15) is 19.4 Å². The van der Waals surface area contributed by atoms with Crippen molar-refractivity contribution in [2.75, 3.05) is 17.4 Å². The molecule has 3 aromatic carbocycles. The third-order valence-electron chi connectivity index (χ3n) is 5.51. The molecule has 10 heteroatoms. The van der Waals surface area contributed by atoms with E-state index in [1.165, 1.54) is 41.3 Å². The van der Waals surface area contributed by atoms with Gasteiger partial charge in [-0.3, -0.25) is 13.9 Å². The number of nitrogens with zero attached hydrogens (tertiary/aromatic N) is 2. The van der Waals surface area contributed by atoms with Gasteiger partial charge in [-0.1, -0.05) is 46.3 Å². The molecule has 1 unspecified atom stereocenters. The van der Waals surface area contributed by atoms with Crippen LogP contribution in [-0.2, 0) is 26.2 Å². The Balaban J connectivity index is 2.00. The molecule has 7 nitrogen and oxygen atoms in total. The third-order valence-corrected chi connectivity index (χ3v) is 7.83. The molecule has 36 heavy (non-hydrogen) atoms. The predicted octanol–water partition coefficient (Wildman–Crippen LogP) is 4.34. The minimum atomic E-state index is -4.11. The zero-order valence-corrected chi connectivity index (χ0v) is 22.3. The Morgan fingerprint density at radius 1 is 0.972 bits per heavy atom. The number of benzene rings is 3. The maximum atomic E-state index is 13.6. The number of hydrogen-bond donors (Lipinski definition) is 1. The zero-order valence-electron chi connectivity index (χ0n) is 19.9. The van der Waals surface area contributed by atoms with Gasteiger partial charge in [0.1, 0.15) is 18.4 Å². The van der Waals surface area contributed by atoms with Crippen LogP contribution in [0, 0.1) is 5.82 Å². The smallest absolute Gasteiger partial charge is 0.264 e. The van der Waals surface area contributed by atoms with Gasteiger partial charge >= 0.3 is 0 Å². The van der Waals surface area contributed by atoms with Gasteiger partial charge in [0, 0.05) is 17.6 Å². The fourth-order valence-electron chi connectivity index (χ4n) is 3.55. The maximum absolute atomic E-state index is 13.6. The Bertz CT molecular complexity index is 1290. The van der Waals surface area contributed by atoms with Crippen molar-refractivity contribution in [3.63, 3.8) is 0 Å². The molecule has 0 heterocycles. The minimum Gasteiger partial charge on any atom is -0.355 e. The Labute approximate surface area is 219 Å². The van der Waals surface area contributed by atoms with E-state index in [-0.39, 0.29) is 17.3 Å². The second-order valence-corrected chi connectivity index (χ2v) is 10.8. The molecule has 190 valence electrons. The number of halogens is 2. The van der Waals surface area contributed by atoms with Gasteiger partial charge in [-0.2, -0.15) is 0 Å². The summed E-state index contributed by atoms with van der Waals surface area (Å²) in [5, 5.41) is 2.69. The van der Waals surface area contributed by atoms with Gasteiger partial charge in [-0.25, -0.2) is 12.8 Å². The Morgan fingerprint density at radius 2 is 1.58 bits per heavy atom. The highest BCUT2D eigenvalue weighted by Crippen LogP contribution is 2.26. The van der Waals surface area contributed by atoms with Crippen LogP contribution in [0.3, 0.4) is 0 Å². The summed E-state index contributed by atoms with van der Waals surface area (Å²) in [7, 11) is -4.11. The lowest BCUT2D eigenvalue weighted by atomic mass is 10.1. The van der Waals surface area contributed by atoms with Crippen LogP contribution >= 0.6 is 15.9 Å². The number of nitrogens with one attached hydrogen (secondary N) is 1. The molecule has 1 N–H and O–H groups in total. The molecule has 2 amide bonds. The summed E-state index contributed by atoms with van der Waals surface area (Å²) >= 11 is 3.34. The molecule has 0 aliphatic heterocycles. The quantitative estimate of drug-likeness (QED) is 0.389. The Kier molecular flexibility index (Phi) is 9.22. The van der Waals surface area contributed by atoms with Crippen molar-refractivity contribution in [1.29, 1.82) is 0 Å². The molecule has 3 rings (SSSR count). The van der Waals surface area contributed by atoms with Gasteiger partial charge in [-0.15, -0.1) is 0 Å². The lowest BCUT2D eigenvalue weighted by molar-refractivity contribution is -0.139. The number of likely N-dealkylation sites (N-methyl/N-ethyl adjacent to an activating group) is 1. The number of carbonyl (C=O) groups is 2. The normalized spacial score (nSPS) is 12.0. The molecule has 0 saturated heterocycles. The first-order valence-corrected chi connectivity index (χ1v) is 13.5. The van der Waals surface area contributed by atoms with E-state index < -0.39 is 34.3 Å². The van der Waals surface area contributed by atoms with Gasteiger partial charge in [-0.05, 0) is 67.9 Å². The zero-order chi connectivity index (χ0) is 26.3. The Hall–Kier alpha value is -3.24. The third kappa shape index (κ3) is 6.70. The van der Waals surface area contributed by atoms with Gasteiger partial charge in [0.05, 0.1) is 10.6 Å². The number of sulfonamides is 1. The molecule has 0 aliphatic carbocycles. The summed E-state index contributed by atoms with van der Waals surface area (Å²) in [4.78, 5) is 27.6. The van der Waals surface area contributed by atoms with E-state index in [9.17, 15) is 22.4 Å². The van der Waals surface area contributed by atoms with Gasteiger partial charge in [0.15, 0.2) is 0 Å². The number of anilines is 1. The number of rotatable bonds is 10. The van der Waals surface area contributed by atoms with Crippen LogP contribution in [0.15, 0.2) is 88.2 Å². The number of amides is 2. The van der Waals surface area contributed by atoms with Gasteiger partial charge in [0.25, 0.3) is 10.0 Å². The van der Waals surface area contributed by atoms with E-state index in [4.69, 9.17) is 0 Å². The van der Waals surface area contributed by atoms with E-state index in [0.717, 1.165) is 8.78 Å². The van der Waals surface area contributed by atoms with E-state index in [1.54, 1.807) is 56.3 Å². The minimum absolute atomic E-state index is 0.00300. The molecule has 0 aliphatic rings. The largest absolute Gasteiger partial charge is 0.355 e. The average molecular weight is 576 g/mol. The van der Waals surface area contributed by atoms with Gasteiger partial charge < -0.3 is 10.2 Å². The summed E-state index contributed by atoms with van der Waals surface area (Å²) in [6, 6.07) is 19.1. The monoisotopic (exact) mass is 575 g/mol. The highest BCUT2D eigenvalue weighted by Gasteiger charge is 2.32. The summed E-state index contributed by atoms with van der Waals surface area (Å²) in [6.07, 6.45) is 0. The van der Waals surface area contributed by atoms with Crippen LogP contribution in [0.25, 0.3) is 0 Å². The van der Waals surface area contributed by atoms with E-state index in [1.807, 2.05) is 0 Å². The lowest BCUT2D eigenvalue weighted by Gasteiger charge is -2.32. The molecule has 0 radical (unpaired) electrons. The predicted molar refractivity (Wildman–Crippen MR) is 140 cm³/mol. The first-order valence-electron chi connectivity index (χ1n) is 11.3. The highest BCUT2D eigenvalue weighted by atomic mass is 79.9. The summed E-state index contributed by atoms with van der Waals surface area (Å²) in [5.74, 6) is -1.39. The molecule has 0 bridgehead atoms. The van der Waals surface area contributed by atoms with Crippen LogP contribution < -0.4 is 9.62 Å². The van der Waals surface area contributed by atoms with Crippen LogP contribution in [-0.4, -0.2) is 44.3 Å². The van der Waals surface area contributed by atoms with E-state index >= 15 is 0 Å². The van der Waals surface area contributed by atoms with Crippen molar-refractivity contribution in [2.24, 2.45) is 0 Å².